The van der Waals surface area contributed by atoms with Crippen LogP contribution in [0.15, 0.2) is 72.0 Å². The van der Waals surface area contributed by atoms with E-state index in [-0.39, 0.29) is 12.1 Å². The number of guanidine groups is 1. The van der Waals surface area contributed by atoms with Gasteiger partial charge in [0.2, 0.25) is 5.96 Å². The molecule has 1 unspecified atom stereocenters. The predicted octanol–water partition coefficient (Wildman–Crippen LogP) is 5.69. The molecular weight excluding hydrogens is 519 g/mol. The number of aliphatic imine (C=N–C) groups is 1. The molecule has 2 aliphatic heterocycles. The van der Waals surface area contributed by atoms with Gasteiger partial charge in [-0.1, -0.05) is 23.7 Å². The van der Waals surface area contributed by atoms with Crippen molar-refractivity contribution in [3.05, 3.63) is 83.1 Å². The zero-order chi connectivity index (χ0) is 26.9. The van der Waals surface area contributed by atoms with E-state index >= 15 is 0 Å². The van der Waals surface area contributed by atoms with Gasteiger partial charge >= 0.3 is 12.1 Å². The van der Waals surface area contributed by atoms with Crippen LogP contribution in [0.2, 0.25) is 5.02 Å². The number of piperazine rings is 1. The van der Waals surface area contributed by atoms with E-state index in [1.165, 1.54) is 13.2 Å². The van der Waals surface area contributed by atoms with Crippen LogP contribution in [0.4, 0.5) is 30.2 Å². The minimum atomic E-state index is -4.52. The lowest BCUT2D eigenvalue weighted by atomic mass is 9.98. The van der Waals surface area contributed by atoms with Gasteiger partial charge in [-0.15, -0.1) is 0 Å². The normalized spacial score (nSPS) is 17.7. The first kappa shape index (κ1) is 25.8. The number of hydrogen-bond donors (Lipinski definition) is 0. The Morgan fingerprint density at radius 1 is 1.03 bits per heavy atom. The molecule has 3 aromatic rings. The molecular formula is C27H25ClF3N5O2. The number of nitrogens with zero attached hydrogens (tertiary/aromatic N) is 5. The molecule has 2 aliphatic rings. The second-order valence-electron chi connectivity index (χ2n) is 9.01. The number of methoxy groups -OCH3 is 1. The lowest BCUT2D eigenvalue weighted by molar-refractivity contribution is -0.141. The molecule has 5 rings (SSSR count). The van der Waals surface area contributed by atoms with Gasteiger partial charge in [0.05, 0.1) is 37.0 Å². The van der Waals surface area contributed by atoms with Crippen molar-refractivity contribution in [2.45, 2.75) is 18.6 Å². The summed E-state index contributed by atoms with van der Waals surface area (Å²) in [6.07, 6.45) is -1.42. The van der Waals surface area contributed by atoms with Crippen LogP contribution < -0.4 is 9.80 Å². The van der Waals surface area contributed by atoms with Gasteiger partial charge in [-0.3, -0.25) is 9.78 Å². The average molecular weight is 544 g/mol. The Bertz CT molecular complexity index is 1360. The van der Waals surface area contributed by atoms with Crippen molar-refractivity contribution in [2.24, 2.45) is 4.99 Å². The van der Waals surface area contributed by atoms with Crippen LogP contribution in [0, 0.1) is 0 Å². The largest absolute Gasteiger partial charge is 0.469 e. The number of alkyl halides is 3. The van der Waals surface area contributed by atoms with Crippen molar-refractivity contribution >= 4 is 40.6 Å². The molecule has 0 saturated carbocycles. The number of hydrogen-bond acceptors (Lipinski definition) is 7. The van der Waals surface area contributed by atoms with E-state index < -0.39 is 23.8 Å². The van der Waals surface area contributed by atoms with E-state index in [0.717, 1.165) is 17.8 Å². The molecule has 38 heavy (non-hydrogen) atoms. The highest BCUT2D eigenvalue weighted by Gasteiger charge is 2.38. The summed E-state index contributed by atoms with van der Waals surface area (Å²) < 4.78 is 45.9. The van der Waals surface area contributed by atoms with E-state index in [1.54, 1.807) is 29.4 Å². The second-order valence-corrected chi connectivity index (χ2v) is 9.45. The van der Waals surface area contributed by atoms with Gasteiger partial charge in [-0.2, -0.15) is 13.2 Å². The van der Waals surface area contributed by atoms with E-state index in [2.05, 4.69) is 9.88 Å². The van der Waals surface area contributed by atoms with Gasteiger partial charge in [-0.05, 0) is 42.5 Å². The summed E-state index contributed by atoms with van der Waals surface area (Å²) in [5, 5.41) is 0.645. The van der Waals surface area contributed by atoms with Crippen molar-refractivity contribution in [1.82, 2.24) is 9.88 Å². The standard InChI is InChI=1S/C27H25ClF3N5O2/c1-38-25(37)16-24-22-8-9-32-17-23(22)33-26(36(24)21-7-2-4-18(14-21)27(29,30)31)35-12-10-34(11-13-35)20-6-3-5-19(28)15-20/h2-9,14-15,17,24H,10-13,16H2,1H3. The first-order valence-corrected chi connectivity index (χ1v) is 12.4. The minimum absolute atomic E-state index is 0.0781. The Balaban J connectivity index is 1.54. The third-order valence-electron chi connectivity index (χ3n) is 6.71. The molecule has 198 valence electrons. The highest BCUT2D eigenvalue weighted by atomic mass is 35.5. The Hall–Kier alpha value is -3.79. The highest BCUT2D eigenvalue weighted by molar-refractivity contribution is 6.30. The molecule has 11 heteroatoms. The molecule has 2 aromatic carbocycles. The number of carbonyl (C=O) groups is 1. The molecule has 7 nitrogen and oxygen atoms in total. The number of halogens is 4. The molecule has 0 N–H and O–H groups in total. The molecule has 0 bridgehead atoms. The van der Waals surface area contributed by atoms with Crippen molar-refractivity contribution in [2.75, 3.05) is 43.1 Å². The fourth-order valence-electron chi connectivity index (χ4n) is 4.84. The molecule has 1 fully saturated rings. The maximum Gasteiger partial charge on any atom is 0.416 e. The maximum absolute atomic E-state index is 13.7. The summed E-state index contributed by atoms with van der Waals surface area (Å²) >= 11 is 6.18. The van der Waals surface area contributed by atoms with E-state index in [0.29, 0.717) is 48.4 Å². The average Bonchev–Trinajstić information content (AvgIpc) is 2.92. The second kappa shape index (κ2) is 10.5. The number of rotatable bonds is 4. The zero-order valence-corrected chi connectivity index (χ0v) is 21.3. The molecule has 1 atom stereocenters. The fourth-order valence-corrected chi connectivity index (χ4v) is 5.03. The van der Waals surface area contributed by atoms with Gasteiger partial charge < -0.3 is 19.4 Å². The van der Waals surface area contributed by atoms with Crippen LogP contribution >= 0.6 is 11.6 Å². The number of pyridine rings is 1. The van der Waals surface area contributed by atoms with Crippen LogP contribution in [0.3, 0.4) is 0 Å². The van der Waals surface area contributed by atoms with Crippen molar-refractivity contribution in [3.63, 3.8) is 0 Å². The quantitative estimate of drug-likeness (QED) is 0.394. The topological polar surface area (TPSA) is 61.3 Å². The number of aromatic nitrogens is 1. The summed E-state index contributed by atoms with van der Waals surface area (Å²) in [6, 6.07) is 13.8. The molecule has 1 saturated heterocycles. The molecule has 0 spiro atoms. The summed E-state index contributed by atoms with van der Waals surface area (Å²) in [4.78, 5) is 27.5. The van der Waals surface area contributed by atoms with E-state index in [4.69, 9.17) is 21.3 Å². The van der Waals surface area contributed by atoms with Gasteiger partial charge in [0.1, 0.15) is 0 Å². The number of benzene rings is 2. The summed E-state index contributed by atoms with van der Waals surface area (Å²) in [7, 11) is 1.29. The summed E-state index contributed by atoms with van der Waals surface area (Å²) in [5.41, 5.74) is 1.75. The molecule has 3 heterocycles. The first-order valence-electron chi connectivity index (χ1n) is 12.1. The molecule has 0 radical (unpaired) electrons. The van der Waals surface area contributed by atoms with Crippen molar-refractivity contribution < 1.29 is 22.7 Å². The van der Waals surface area contributed by atoms with Crippen LogP contribution in [0.1, 0.15) is 23.6 Å². The zero-order valence-electron chi connectivity index (χ0n) is 20.5. The van der Waals surface area contributed by atoms with Gasteiger partial charge in [0, 0.05) is 54.3 Å². The maximum atomic E-state index is 13.7. The lowest BCUT2D eigenvalue weighted by Gasteiger charge is -2.45. The van der Waals surface area contributed by atoms with E-state index in [1.807, 2.05) is 29.2 Å². The third kappa shape index (κ3) is 5.26. The number of carbonyl (C=O) groups excluding carboxylic acids is 1. The highest BCUT2D eigenvalue weighted by Crippen LogP contribution is 2.42. The van der Waals surface area contributed by atoms with Crippen molar-refractivity contribution in [1.29, 1.82) is 0 Å². The molecule has 0 aliphatic carbocycles. The number of ether oxygens (including phenoxy) is 1. The summed E-state index contributed by atoms with van der Waals surface area (Å²) in [6.45, 7) is 2.41. The van der Waals surface area contributed by atoms with Gasteiger partial charge in [0.15, 0.2) is 0 Å². The first-order chi connectivity index (χ1) is 18.2. The lowest BCUT2D eigenvalue weighted by Crippen LogP contribution is -2.55. The Labute approximate surface area is 223 Å². The van der Waals surface area contributed by atoms with Crippen LogP contribution in [-0.4, -0.2) is 55.1 Å². The molecule has 1 aromatic heterocycles. The number of fused-ring (bicyclic) bond motifs is 1. The Morgan fingerprint density at radius 2 is 1.74 bits per heavy atom. The van der Waals surface area contributed by atoms with Gasteiger partial charge in [-0.25, -0.2) is 4.99 Å². The van der Waals surface area contributed by atoms with Gasteiger partial charge in [0.25, 0.3) is 0 Å². The van der Waals surface area contributed by atoms with Crippen LogP contribution in [-0.2, 0) is 15.7 Å². The smallest absolute Gasteiger partial charge is 0.416 e. The van der Waals surface area contributed by atoms with Crippen LogP contribution in [0.5, 0.6) is 0 Å². The SMILES string of the molecule is COC(=O)CC1c2ccncc2N=C(N2CCN(c3cccc(Cl)c3)CC2)N1c1cccc(C(F)(F)F)c1. The van der Waals surface area contributed by atoms with E-state index in [9.17, 15) is 18.0 Å². The minimum Gasteiger partial charge on any atom is -0.469 e. The monoisotopic (exact) mass is 543 g/mol. The summed E-state index contributed by atoms with van der Waals surface area (Å²) in [5.74, 6) is -0.0220. The Morgan fingerprint density at radius 3 is 2.45 bits per heavy atom. The molecule has 0 amide bonds. The third-order valence-corrected chi connectivity index (χ3v) is 6.95. The fraction of sp³-hybridized carbons (Fsp3) is 0.296. The Kier molecular flexibility index (Phi) is 7.16. The number of anilines is 2. The number of esters is 1. The van der Waals surface area contributed by atoms with Crippen molar-refractivity contribution in [3.8, 4) is 0 Å². The predicted molar refractivity (Wildman–Crippen MR) is 140 cm³/mol. The van der Waals surface area contributed by atoms with Crippen LogP contribution in [0.25, 0.3) is 0 Å².